The number of rotatable bonds is 4. The Balaban J connectivity index is 1.83. The summed E-state index contributed by atoms with van der Waals surface area (Å²) in [6, 6.07) is 0. The molecule has 3 aromatic rings. The molecule has 19 heavy (non-hydrogen) atoms. The lowest BCUT2D eigenvalue weighted by Gasteiger charge is -2.01. The van der Waals surface area contributed by atoms with Gasteiger partial charge in [0, 0.05) is 18.6 Å². The SMILES string of the molecule is [3H]c1csc(OCc2sncc2-n2nnn(C)c2=O)n1. The summed E-state index contributed by atoms with van der Waals surface area (Å²) in [4.78, 5) is 16.4. The van der Waals surface area contributed by atoms with Gasteiger partial charge in [-0.3, -0.25) is 0 Å². The summed E-state index contributed by atoms with van der Waals surface area (Å²) in [5, 5.41) is 9.40. The summed E-state index contributed by atoms with van der Waals surface area (Å²) < 4.78 is 19.1. The van der Waals surface area contributed by atoms with Crippen LogP contribution in [0.25, 0.3) is 5.69 Å². The Bertz CT molecular complexity index is 790. The molecule has 8 nitrogen and oxygen atoms in total. The summed E-state index contributed by atoms with van der Waals surface area (Å²) in [5.41, 5.74) is 0.185. The molecular weight excluding hydrogens is 288 g/mol. The molecule has 0 radical (unpaired) electrons. The fourth-order valence-electron chi connectivity index (χ4n) is 1.37. The second kappa shape index (κ2) is 4.90. The third-order valence-electron chi connectivity index (χ3n) is 2.27. The minimum Gasteiger partial charge on any atom is -0.464 e. The molecule has 0 bridgehead atoms. The van der Waals surface area contributed by atoms with Gasteiger partial charge < -0.3 is 4.74 Å². The van der Waals surface area contributed by atoms with Crippen LogP contribution in [0, 0.1) is 0 Å². The number of nitrogens with zero attached hydrogens (tertiary/aromatic N) is 6. The van der Waals surface area contributed by atoms with Gasteiger partial charge in [-0.2, -0.15) is 13.7 Å². The monoisotopic (exact) mass is 298 g/mol. The topological polar surface area (TPSA) is 87.7 Å². The maximum atomic E-state index is 11.8. The van der Waals surface area contributed by atoms with Crippen LogP contribution in [0.5, 0.6) is 5.19 Å². The van der Waals surface area contributed by atoms with E-state index in [1.165, 1.54) is 40.8 Å². The Morgan fingerprint density at radius 2 is 2.42 bits per heavy atom. The van der Waals surface area contributed by atoms with Gasteiger partial charge in [-0.1, -0.05) is 11.3 Å². The van der Waals surface area contributed by atoms with Gasteiger partial charge in [-0.15, -0.1) is 0 Å². The Kier molecular flexibility index (Phi) is 2.79. The van der Waals surface area contributed by atoms with E-state index in [2.05, 4.69) is 19.8 Å². The second-order valence-electron chi connectivity index (χ2n) is 3.46. The number of aromatic nitrogens is 6. The van der Waals surface area contributed by atoms with Gasteiger partial charge in [0.15, 0.2) is 0 Å². The largest absolute Gasteiger partial charge is 0.464 e. The molecule has 0 N–H and O–H groups in total. The fraction of sp³-hybridized carbons (Fsp3) is 0.222. The summed E-state index contributed by atoms with van der Waals surface area (Å²) in [7, 11) is 1.52. The molecule has 3 aromatic heterocycles. The molecule has 3 heterocycles. The average Bonchev–Trinajstić information content (AvgIpc) is 3.11. The quantitative estimate of drug-likeness (QED) is 0.695. The lowest BCUT2D eigenvalue weighted by Crippen LogP contribution is -2.22. The highest BCUT2D eigenvalue weighted by Gasteiger charge is 2.14. The summed E-state index contributed by atoms with van der Waals surface area (Å²) in [6.07, 6.45) is 1.71. The molecule has 0 fully saturated rings. The van der Waals surface area contributed by atoms with E-state index in [4.69, 9.17) is 6.11 Å². The summed E-state index contributed by atoms with van der Waals surface area (Å²) in [6.45, 7) is 0.204. The van der Waals surface area contributed by atoms with E-state index in [0.717, 1.165) is 9.56 Å². The van der Waals surface area contributed by atoms with Gasteiger partial charge >= 0.3 is 5.69 Å². The van der Waals surface area contributed by atoms with Crippen LogP contribution in [0.15, 0.2) is 22.5 Å². The molecule has 0 aliphatic heterocycles. The second-order valence-corrected chi connectivity index (χ2v) is 5.17. The third-order valence-corrected chi connectivity index (χ3v) is 3.66. The zero-order valence-corrected chi connectivity index (χ0v) is 11.3. The fourth-order valence-corrected chi connectivity index (χ4v) is 2.44. The predicted octanol–water partition coefficient (Wildman–Crippen LogP) is 0.458. The lowest BCUT2D eigenvalue weighted by atomic mass is 10.4. The first-order valence-corrected chi connectivity index (χ1v) is 6.78. The van der Waals surface area contributed by atoms with Crippen molar-refractivity contribution in [1.29, 1.82) is 0 Å². The smallest absolute Gasteiger partial charge is 0.368 e. The van der Waals surface area contributed by atoms with E-state index in [0.29, 0.717) is 10.9 Å². The molecule has 0 aliphatic carbocycles. The van der Waals surface area contributed by atoms with E-state index in [9.17, 15) is 4.79 Å². The van der Waals surface area contributed by atoms with Crippen molar-refractivity contribution in [3.63, 3.8) is 0 Å². The number of tetrazole rings is 1. The van der Waals surface area contributed by atoms with Crippen molar-refractivity contribution in [2.45, 2.75) is 6.61 Å². The highest BCUT2D eigenvalue weighted by molar-refractivity contribution is 7.11. The van der Waals surface area contributed by atoms with E-state index in [-0.39, 0.29) is 18.5 Å². The lowest BCUT2D eigenvalue weighted by molar-refractivity contribution is 0.307. The van der Waals surface area contributed by atoms with E-state index in [1.807, 2.05) is 0 Å². The minimum atomic E-state index is -0.353. The van der Waals surface area contributed by atoms with Crippen LogP contribution in [-0.4, -0.2) is 29.1 Å². The van der Waals surface area contributed by atoms with Gasteiger partial charge in [0.1, 0.15) is 12.3 Å². The van der Waals surface area contributed by atoms with Crippen LogP contribution in [0.3, 0.4) is 0 Å². The molecule has 0 saturated carbocycles. The zero-order valence-electron chi connectivity index (χ0n) is 10.7. The third kappa shape index (κ3) is 2.27. The van der Waals surface area contributed by atoms with E-state index in [1.54, 1.807) is 5.38 Å². The first-order valence-electron chi connectivity index (χ1n) is 5.63. The zero-order chi connectivity index (χ0) is 14.1. The van der Waals surface area contributed by atoms with Gasteiger partial charge in [-0.25, -0.2) is 9.78 Å². The Morgan fingerprint density at radius 3 is 3.11 bits per heavy atom. The van der Waals surface area contributed by atoms with Crippen LogP contribution in [-0.2, 0) is 13.7 Å². The van der Waals surface area contributed by atoms with E-state index >= 15 is 0 Å². The highest BCUT2D eigenvalue weighted by Crippen LogP contribution is 2.20. The van der Waals surface area contributed by atoms with Crippen molar-refractivity contribution in [1.82, 2.24) is 29.1 Å². The van der Waals surface area contributed by atoms with Crippen LogP contribution in [0.2, 0.25) is 0 Å². The van der Waals surface area contributed by atoms with Crippen LogP contribution in [0.4, 0.5) is 0 Å². The number of aryl methyl sites for hydroxylation is 1. The number of hydrogen-bond acceptors (Lipinski definition) is 8. The first-order chi connectivity index (χ1) is 9.65. The van der Waals surface area contributed by atoms with Crippen molar-refractivity contribution < 1.29 is 6.11 Å². The number of hydrogen-bond donors (Lipinski definition) is 0. The van der Waals surface area contributed by atoms with Crippen molar-refractivity contribution >= 4 is 22.9 Å². The Hall–Kier alpha value is -2.07. The van der Waals surface area contributed by atoms with Crippen molar-refractivity contribution in [3.05, 3.63) is 33.1 Å². The van der Waals surface area contributed by atoms with Crippen LogP contribution >= 0.6 is 22.9 Å². The van der Waals surface area contributed by atoms with Gasteiger partial charge in [-0.05, 0) is 22.0 Å². The van der Waals surface area contributed by atoms with Crippen molar-refractivity contribution in [3.8, 4) is 10.9 Å². The number of thiazole rings is 1. The highest BCUT2D eigenvalue weighted by atomic mass is 32.1. The number of ether oxygens (including phenoxy) is 1. The molecule has 0 saturated heterocycles. The average molecular weight is 298 g/mol. The molecule has 0 unspecified atom stereocenters. The van der Waals surface area contributed by atoms with Gasteiger partial charge in [0.2, 0.25) is 0 Å². The maximum absolute atomic E-state index is 11.8. The standard InChI is InChI=1S/C9H8N6O2S2/c1-14-9(16)15(13-12-14)6-4-11-19-7(6)5-17-8-10-2-3-18-8/h2-4H,5H2,1H3/i2T. The Morgan fingerprint density at radius 1 is 1.53 bits per heavy atom. The van der Waals surface area contributed by atoms with Crippen molar-refractivity contribution in [2.75, 3.05) is 0 Å². The van der Waals surface area contributed by atoms with Gasteiger partial charge in [0.25, 0.3) is 5.19 Å². The normalized spacial score (nSPS) is 11.5. The van der Waals surface area contributed by atoms with Crippen LogP contribution < -0.4 is 10.4 Å². The van der Waals surface area contributed by atoms with Gasteiger partial charge in [0.05, 0.1) is 12.4 Å². The van der Waals surface area contributed by atoms with Crippen LogP contribution in [0.1, 0.15) is 6.25 Å². The van der Waals surface area contributed by atoms with Crippen molar-refractivity contribution in [2.24, 2.45) is 7.05 Å². The molecule has 0 amide bonds. The molecule has 0 spiro atoms. The predicted molar refractivity (Wildman–Crippen MR) is 68.7 cm³/mol. The molecular formula is C9H8N6O2S2. The molecule has 0 aromatic carbocycles. The van der Waals surface area contributed by atoms with E-state index < -0.39 is 0 Å². The first kappa shape index (κ1) is 10.8. The molecule has 10 heteroatoms. The molecule has 98 valence electrons. The molecule has 3 rings (SSSR count). The minimum absolute atomic E-state index is 0.166. The maximum Gasteiger partial charge on any atom is 0.368 e. The molecule has 0 aliphatic rings. The Labute approximate surface area is 116 Å². The summed E-state index contributed by atoms with van der Waals surface area (Å²) in [5.74, 6) is 0. The summed E-state index contributed by atoms with van der Waals surface area (Å²) >= 11 is 2.45. The molecule has 0 atom stereocenters.